The van der Waals surface area contributed by atoms with Crippen LogP contribution in [-0.2, 0) is 22.1 Å². The van der Waals surface area contributed by atoms with Gasteiger partial charge in [-0.1, -0.05) is 27.7 Å². The molecule has 8 nitrogen and oxygen atoms in total. The van der Waals surface area contributed by atoms with Crippen LogP contribution in [0.1, 0.15) is 56.7 Å². The van der Waals surface area contributed by atoms with Crippen molar-refractivity contribution < 1.29 is 14.4 Å². The molecule has 1 aromatic rings. The number of nitrogens with one attached hydrogen (secondary N) is 2. The number of carbonyl (C=O) groups excluding carboxylic acids is 3. The lowest BCUT2D eigenvalue weighted by Gasteiger charge is -2.33. The summed E-state index contributed by atoms with van der Waals surface area (Å²) in [5.74, 6) is -0.437. The number of rotatable bonds is 3. The maximum atomic E-state index is 12.7. The van der Waals surface area contributed by atoms with Crippen LogP contribution in [0.25, 0.3) is 0 Å². The van der Waals surface area contributed by atoms with Crippen LogP contribution in [0.4, 0.5) is 0 Å². The Hall–Kier alpha value is -2.38. The molecule has 3 amide bonds. The van der Waals surface area contributed by atoms with Crippen molar-refractivity contribution in [2.75, 3.05) is 6.54 Å². The van der Waals surface area contributed by atoms with E-state index in [2.05, 4.69) is 15.7 Å². The molecule has 3 atom stereocenters. The lowest BCUT2D eigenvalue weighted by Crippen LogP contribution is -2.60. The van der Waals surface area contributed by atoms with E-state index in [0.29, 0.717) is 25.1 Å². The van der Waals surface area contributed by atoms with Crippen molar-refractivity contribution in [3.05, 3.63) is 17.5 Å². The summed E-state index contributed by atoms with van der Waals surface area (Å²) < 4.78 is 1.57. The third-order valence-corrected chi connectivity index (χ3v) is 5.13. The van der Waals surface area contributed by atoms with Gasteiger partial charge in [-0.15, -0.1) is 0 Å². The van der Waals surface area contributed by atoms with Crippen LogP contribution in [0.5, 0.6) is 0 Å². The first kappa shape index (κ1) is 18.4. The van der Waals surface area contributed by atoms with E-state index in [1.54, 1.807) is 22.7 Å². The Bertz CT molecular complexity index is 748. The first-order valence-electron chi connectivity index (χ1n) is 9.08. The Balaban J connectivity index is 1.71. The number of hydrogen-bond acceptors (Lipinski definition) is 4. The fourth-order valence-corrected chi connectivity index (χ4v) is 3.54. The summed E-state index contributed by atoms with van der Waals surface area (Å²) in [4.78, 5) is 38.9. The number of fused-ring (bicyclic) bond motifs is 1. The summed E-state index contributed by atoms with van der Waals surface area (Å²) in [6.07, 6.45) is 0.999. The van der Waals surface area contributed by atoms with Crippen molar-refractivity contribution in [2.24, 2.45) is 7.05 Å². The zero-order valence-electron chi connectivity index (χ0n) is 16.0. The third-order valence-electron chi connectivity index (χ3n) is 5.13. The van der Waals surface area contributed by atoms with Crippen LogP contribution in [0.2, 0.25) is 0 Å². The highest BCUT2D eigenvalue weighted by Gasteiger charge is 2.46. The smallest absolute Gasteiger partial charge is 0.269 e. The Morgan fingerprint density at radius 3 is 2.65 bits per heavy atom. The molecule has 2 N–H and O–H groups in total. The van der Waals surface area contributed by atoms with Crippen LogP contribution < -0.4 is 10.6 Å². The van der Waals surface area contributed by atoms with Gasteiger partial charge < -0.3 is 15.5 Å². The van der Waals surface area contributed by atoms with E-state index in [0.717, 1.165) is 5.69 Å². The van der Waals surface area contributed by atoms with Crippen LogP contribution >= 0.6 is 0 Å². The van der Waals surface area contributed by atoms with E-state index in [1.165, 1.54) is 0 Å². The van der Waals surface area contributed by atoms with E-state index in [4.69, 9.17) is 0 Å². The second-order valence-corrected chi connectivity index (χ2v) is 8.17. The summed E-state index contributed by atoms with van der Waals surface area (Å²) in [6.45, 7) is 8.36. The molecule has 0 radical (unpaired) electrons. The molecule has 0 spiro atoms. The Labute approximate surface area is 153 Å². The standard InChI is InChI=1S/C18H27N5O3/c1-6-11-17(26)23-9-10(7-13(23)16(25)20-11)19-15(24)12-8-14(18(2,3)4)21-22(12)5/h8,10-11,13H,6-7,9H2,1-5H3,(H,19,24)(H,20,25)/t10-,11-,13-/m0/s1. The Morgan fingerprint density at radius 2 is 2.08 bits per heavy atom. The van der Waals surface area contributed by atoms with Crippen molar-refractivity contribution in [1.82, 2.24) is 25.3 Å². The van der Waals surface area contributed by atoms with Gasteiger partial charge in [0, 0.05) is 25.0 Å². The van der Waals surface area contributed by atoms with Crippen molar-refractivity contribution in [3.8, 4) is 0 Å². The van der Waals surface area contributed by atoms with Crippen molar-refractivity contribution in [3.63, 3.8) is 0 Å². The van der Waals surface area contributed by atoms with Crippen molar-refractivity contribution in [2.45, 2.75) is 64.1 Å². The summed E-state index contributed by atoms with van der Waals surface area (Å²) in [6, 6.07) is 0.598. The predicted molar refractivity (Wildman–Crippen MR) is 95.5 cm³/mol. The van der Waals surface area contributed by atoms with Gasteiger partial charge in [0.2, 0.25) is 11.8 Å². The number of amides is 3. The maximum absolute atomic E-state index is 12.7. The number of hydrogen-bond donors (Lipinski definition) is 2. The molecule has 26 heavy (non-hydrogen) atoms. The zero-order chi connectivity index (χ0) is 19.2. The van der Waals surface area contributed by atoms with Crippen LogP contribution in [0.3, 0.4) is 0 Å². The summed E-state index contributed by atoms with van der Waals surface area (Å²) >= 11 is 0. The largest absolute Gasteiger partial charge is 0.346 e. The molecule has 0 saturated carbocycles. The highest BCUT2D eigenvalue weighted by molar-refractivity contribution is 5.98. The quantitative estimate of drug-likeness (QED) is 0.811. The molecule has 142 valence electrons. The number of aromatic nitrogens is 2. The molecule has 2 saturated heterocycles. The lowest BCUT2D eigenvalue weighted by atomic mass is 9.92. The van der Waals surface area contributed by atoms with Crippen molar-refractivity contribution >= 4 is 17.7 Å². The molecular formula is C18H27N5O3. The van der Waals surface area contributed by atoms with E-state index in [9.17, 15) is 14.4 Å². The highest BCUT2D eigenvalue weighted by Crippen LogP contribution is 2.25. The Morgan fingerprint density at radius 1 is 1.38 bits per heavy atom. The number of aryl methyl sites for hydroxylation is 1. The van der Waals surface area contributed by atoms with Crippen LogP contribution in [0.15, 0.2) is 6.07 Å². The molecule has 2 aliphatic rings. The molecular weight excluding hydrogens is 334 g/mol. The second kappa shape index (κ2) is 6.41. The van der Waals surface area contributed by atoms with Gasteiger partial charge in [0.1, 0.15) is 17.8 Å². The van der Waals surface area contributed by atoms with Crippen molar-refractivity contribution in [1.29, 1.82) is 0 Å². The molecule has 0 bridgehead atoms. The second-order valence-electron chi connectivity index (χ2n) is 8.17. The molecule has 0 aliphatic carbocycles. The summed E-state index contributed by atoms with van der Waals surface area (Å²) in [5.41, 5.74) is 1.17. The molecule has 2 fully saturated rings. The average molecular weight is 361 g/mol. The monoisotopic (exact) mass is 361 g/mol. The minimum atomic E-state index is -0.493. The minimum absolute atomic E-state index is 0.0654. The van der Waals surface area contributed by atoms with Gasteiger partial charge in [0.15, 0.2) is 0 Å². The molecule has 1 aromatic heterocycles. The molecule has 8 heteroatoms. The maximum Gasteiger partial charge on any atom is 0.269 e. The van der Waals surface area contributed by atoms with Gasteiger partial charge in [-0.3, -0.25) is 19.1 Å². The third kappa shape index (κ3) is 3.20. The van der Waals surface area contributed by atoms with Gasteiger partial charge >= 0.3 is 0 Å². The molecule has 3 rings (SSSR count). The minimum Gasteiger partial charge on any atom is -0.346 e. The molecule has 0 aromatic carbocycles. The predicted octanol–water partition coefficient (Wildman–Crippen LogP) is 0.325. The summed E-state index contributed by atoms with van der Waals surface area (Å²) in [5, 5.41) is 10.1. The summed E-state index contributed by atoms with van der Waals surface area (Å²) in [7, 11) is 1.74. The van der Waals surface area contributed by atoms with Gasteiger partial charge in [0.25, 0.3) is 5.91 Å². The number of carbonyl (C=O) groups is 3. The molecule has 3 heterocycles. The first-order valence-corrected chi connectivity index (χ1v) is 9.08. The van der Waals surface area contributed by atoms with Gasteiger partial charge in [0.05, 0.1) is 5.69 Å². The number of piperazine rings is 1. The number of nitrogens with zero attached hydrogens (tertiary/aromatic N) is 3. The van der Waals surface area contributed by atoms with Crippen LogP contribution in [0, 0.1) is 0 Å². The van der Waals surface area contributed by atoms with E-state index in [-0.39, 0.29) is 29.2 Å². The van der Waals surface area contributed by atoms with Crippen LogP contribution in [-0.4, -0.2) is 57.1 Å². The van der Waals surface area contributed by atoms with Gasteiger partial charge in [-0.2, -0.15) is 5.10 Å². The van der Waals surface area contributed by atoms with E-state index in [1.807, 2.05) is 27.7 Å². The molecule has 2 aliphatic heterocycles. The first-order chi connectivity index (χ1) is 12.1. The SMILES string of the molecule is CC[C@@H]1NC(=O)[C@@H]2C[C@H](NC(=O)c3cc(C(C)(C)C)nn3C)CN2C1=O. The van der Waals surface area contributed by atoms with Gasteiger partial charge in [-0.05, 0) is 18.9 Å². The topological polar surface area (TPSA) is 96.3 Å². The molecule has 0 unspecified atom stereocenters. The average Bonchev–Trinajstić information content (AvgIpc) is 3.14. The lowest BCUT2D eigenvalue weighted by molar-refractivity contribution is -0.147. The zero-order valence-corrected chi connectivity index (χ0v) is 16.0. The fraction of sp³-hybridized carbons (Fsp3) is 0.667. The van der Waals surface area contributed by atoms with E-state index < -0.39 is 12.1 Å². The Kier molecular flexibility index (Phi) is 4.54. The highest BCUT2D eigenvalue weighted by atomic mass is 16.2. The fourth-order valence-electron chi connectivity index (χ4n) is 3.54. The van der Waals surface area contributed by atoms with E-state index >= 15 is 0 Å². The van der Waals surface area contributed by atoms with Gasteiger partial charge in [-0.25, -0.2) is 0 Å². The normalized spacial score (nSPS) is 25.9.